The van der Waals surface area contributed by atoms with E-state index in [-0.39, 0.29) is 17.1 Å². The number of hydrogen-bond acceptors (Lipinski definition) is 3. The van der Waals surface area contributed by atoms with Crippen LogP contribution in [-0.2, 0) is 0 Å². The smallest absolute Gasteiger partial charge is 0.251 e. The molecule has 1 aromatic carbocycles. The molecule has 0 radical (unpaired) electrons. The number of benzene rings is 1. The van der Waals surface area contributed by atoms with Gasteiger partial charge in [-0.25, -0.2) is 0 Å². The Bertz CT molecular complexity index is 453. The van der Waals surface area contributed by atoms with Crippen LogP contribution in [0.25, 0.3) is 0 Å². The Morgan fingerprint density at radius 1 is 1.50 bits per heavy atom. The molecule has 0 spiro atoms. The van der Waals surface area contributed by atoms with Crippen molar-refractivity contribution in [3.05, 3.63) is 29.3 Å². The Kier molecular flexibility index (Phi) is 3.57. The molecular weight excluding hydrogens is 228 g/mol. The van der Waals surface area contributed by atoms with Crippen molar-refractivity contribution < 1.29 is 9.90 Å². The van der Waals surface area contributed by atoms with E-state index >= 15 is 0 Å². The number of carbonyl (C=O) groups is 1. The molecule has 0 bridgehead atoms. The largest absolute Gasteiger partial charge is 0.508 e. The van der Waals surface area contributed by atoms with Gasteiger partial charge in [-0.1, -0.05) is 6.07 Å². The highest BCUT2D eigenvalue weighted by atomic mass is 16.3. The molecule has 0 saturated heterocycles. The summed E-state index contributed by atoms with van der Waals surface area (Å²) < 4.78 is 0. The molecular formula is C14H20N2O2. The number of carbonyl (C=O) groups excluding carboxylic acids is 1. The van der Waals surface area contributed by atoms with Gasteiger partial charge in [0.25, 0.3) is 5.91 Å². The number of amides is 1. The van der Waals surface area contributed by atoms with E-state index in [1.807, 2.05) is 0 Å². The number of hydrogen-bond donors (Lipinski definition) is 3. The van der Waals surface area contributed by atoms with Gasteiger partial charge < -0.3 is 16.2 Å². The van der Waals surface area contributed by atoms with E-state index in [1.54, 1.807) is 25.1 Å². The molecule has 0 heterocycles. The number of aromatic hydroxyl groups is 1. The van der Waals surface area contributed by atoms with Crippen LogP contribution in [0.5, 0.6) is 5.75 Å². The zero-order valence-electron chi connectivity index (χ0n) is 10.7. The van der Waals surface area contributed by atoms with E-state index in [1.165, 1.54) is 0 Å². The first-order valence-electron chi connectivity index (χ1n) is 6.35. The highest BCUT2D eigenvalue weighted by molar-refractivity contribution is 5.96. The first-order valence-corrected chi connectivity index (χ1v) is 6.35. The molecule has 0 unspecified atom stereocenters. The summed E-state index contributed by atoms with van der Waals surface area (Å²) in [5.41, 5.74) is 6.97. The molecule has 4 heteroatoms. The minimum absolute atomic E-state index is 0.119. The predicted octanol–water partition coefficient (Wildman–Crippen LogP) is 1.56. The number of nitrogens with one attached hydrogen (secondary N) is 1. The van der Waals surface area contributed by atoms with E-state index in [0.717, 1.165) is 19.3 Å². The van der Waals surface area contributed by atoms with Crippen molar-refractivity contribution in [3.8, 4) is 5.75 Å². The fourth-order valence-electron chi connectivity index (χ4n) is 2.23. The maximum Gasteiger partial charge on any atom is 0.251 e. The topological polar surface area (TPSA) is 75.3 Å². The maximum absolute atomic E-state index is 12.0. The number of phenols is 1. The Balaban J connectivity index is 1.98. The minimum Gasteiger partial charge on any atom is -0.508 e. The maximum atomic E-state index is 12.0. The third kappa shape index (κ3) is 2.64. The van der Waals surface area contributed by atoms with Crippen molar-refractivity contribution in [3.63, 3.8) is 0 Å². The number of phenolic OH excluding ortho intramolecular Hbond substituents is 1. The van der Waals surface area contributed by atoms with Crippen molar-refractivity contribution in [2.24, 2.45) is 11.1 Å². The Morgan fingerprint density at radius 3 is 2.83 bits per heavy atom. The summed E-state index contributed by atoms with van der Waals surface area (Å²) >= 11 is 0. The van der Waals surface area contributed by atoms with E-state index in [9.17, 15) is 9.90 Å². The molecule has 0 aromatic heterocycles. The average Bonchev–Trinajstić information content (AvgIpc) is 3.11. The van der Waals surface area contributed by atoms with Crippen molar-refractivity contribution in [1.82, 2.24) is 5.32 Å². The monoisotopic (exact) mass is 248 g/mol. The normalized spacial score (nSPS) is 16.3. The number of nitrogens with two attached hydrogens (primary N) is 1. The summed E-state index contributed by atoms with van der Waals surface area (Å²) in [6.45, 7) is 3.09. The summed E-state index contributed by atoms with van der Waals surface area (Å²) in [6.07, 6.45) is 3.25. The molecule has 1 aromatic rings. The van der Waals surface area contributed by atoms with Gasteiger partial charge in [-0.2, -0.15) is 0 Å². The molecule has 0 atom stereocenters. The zero-order valence-corrected chi connectivity index (χ0v) is 10.7. The molecule has 4 N–H and O–H groups in total. The predicted molar refractivity (Wildman–Crippen MR) is 70.5 cm³/mol. The van der Waals surface area contributed by atoms with Gasteiger partial charge in [0.1, 0.15) is 5.75 Å². The van der Waals surface area contributed by atoms with Crippen molar-refractivity contribution in [2.45, 2.75) is 26.2 Å². The van der Waals surface area contributed by atoms with E-state index in [4.69, 9.17) is 5.73 Å². The fraction of sp³-hybridized carbons (Fsp3) is 0.500. The van der Waals surface area contributed by atoms with Crippen LogP contribution in [-0.4, -0.2) is 24.1 Å². The molecule has 4 nitrogen and oxygen atoms in total. The minimum atomic E-state index is -0.119. The van der Waals surface area contributed by atoms with Gasteiger partial charge in [0, 0.05) is 17.7 Å². The SMILES string of the molecule is Cc1c(O)cccc1C(=O)NCC1(CCN)CC1. The highest BCUT2D eigenvalue weighted by Gasteiger charge is 2.41. The van der Waals surface area contributed by atoms with E-state index in [0.29, 0.717) is 24.2 Å². The lowest BCUT2D eigenvalue weighted by Gasteiger charge is -2.15. The van der Waals surface area contributed by atoms with Gasteiger partial charge in [-0.05, 0) is 50.3 Å². The van der Waals surface area contributed by atoms with Gasteiger partial charge in [0.05, 0.1) is 0 Å². The lowest BCUT2D eigenvalue weighted by Crippen LogP contribution is -2.31. The Hall–Kier alpha value is -1.55. The Labute approximate surface area is 107 Å². The van der Waals surface area contributed by atoms with Gasteiger partial charge in [-0.3, -0.25) is 4.79 Å². The number of rotatable bonds is 5. The van der Waals surface area contributed by atoms with Gasteiger partial charge in [-0.15, -0.1) is 0 Å². The van der Waals surface area contributed by atoms with Crippen LogP contribution in [0.4, 0.5) is 0 Å². The first kappa shape index (κ1) is 12.9. The van der Waals surface area contributed by atoms with Crippen LogP contribution in [0.3, 0.4) is 0 Å². The van der Waals surface area contributed by atoms with Crippen LogP contribution in [0.15, 0.2) is 18.2 Å². The molecule has 0 aliphatic heterocycles. The van der Waals surface area contributed by atoms with Crippen LogP contribution in [0, 0.1) is 12.3 Å². The van der Waals surface area contributed by atoms with Gasteiger partial charge in [0.15, 0.2) is 0 Å². The molecule has 2 rings (SSSR count). The van der Waals surface area contributed by atoms with Gasteiger partial charge in [0.2, 0.25) is 0 Å². The summed E-state index contributed by atoms with van der Waals surface area (Å²) in [5.74, 6) is 0.0393. The van der Waals surface area contributed by atoms with E-state index < -0.39 is 0 Å². The molecule has 1 aliphatic carbocycles. The molecule has 1 aliphatic rings. The Morgan fingerprint density at radius 2 is 2.22 bits per heavy atom. The summed E-state index contributed by atoms with van der Waals surface area (Å²) in [7, 11) is 0. The van der Waals surface area contributed by atoms with Crippen molar-refractivity contribution in [2.75, 3.05) is 13.1 Å². The summed E-state index contributed by atoms with van der Waals surface area (Å²) in [6, 6.07) is 5.00. The molecule has 1 amide bonds. The second-order valence-electron chi connectivity index (χ2n) is 5.17. The lowest BCUT2D eigenvalue weighted by atomic mass is 10.0. The third-order valence-electron chi connectivity index (χ3n) is 3.81. The zero-order chi connectivity index (χ0) is 13.2. The van der Waals surface area contributed by atoms with Crippen LogP contribution in [0.2, 0.25) is 0 Å². The quantitative estimate of drug-likeness (QED) is 0.740. The first-order chi connectivity index (χ1) is 8.58. The van der Waals surface area contributed by atoms with Crippen molar-refractivity contribution in [1.29, 1.82) is 0 Å². The molecule has 1 saturated carbocycles. The standard InChI is InChI=1S/C14H20N2O2/c1-10-11(3-2-4-12(10)17)13(18)16-9-14(5-6-14)7-8-15/h2-4,17H,5-9,15H2,1H3,(H,16,18). The van der Waals surface area contributed by atoms with Crippen LogP contribution in [0.1, 0.15) is 35.2 Å². The summed E-state index contributed by atoms with van der Waals surface area (Å²) in [4.78, 5) is 12.0. The van der Waals surface area contributed by atoms with Crippen LogP contribution < -0.4 is 11.1 Å². The van der Waals surface area contributed by atoms with Crippen LogP contribution >= 0.6 is 0 Å². The molecule has 18 heavy (non-hydrogen) atoms. The van der Waals surface area contributed by atoms with E-state index in [2.05, 4.69) is 5.32 Å². The molecule has 1 fully saturated rings. The second-order valence-corrected chi connectivity index (χ2v) is 5.17. The highest BCUT2D eigenvalue weighted by Crippen LogP contribution is 2.47. The van der Waals surface area contributed by atoms with Crippen molar-refractivity contribution >= 4 is 5.91 Å². The third-order valence-corrected chi connectivity index (χ3v) is 3.81. The molecule has 98 valence electrons. The van der Waals surface area contributed by atoms with Gasteiger partial charge >= 0.3 is 0 Å². The fourth-order valence-corrected chi connectivity index (χ4v) is 2.23. The second kappa shape index (κ2) is 4.98. The lowest BCUT2D eigenvalue weighted by molar-refractivity contribution is 0.0943. The average molecular weight is 248 g/mol. The summed E-state index contributed by atoms with van der Waals surface area (Å²) in [5, 5.41) is 12.5.